The van der Waals surface area contributed by atoms with Gasteiger partial charge in [-0.2, -0.15) is 4.98 Å². The van der Waals surface area contributed by atoms with Crippen LogP contribution in [-0.4, -0.2) is 27.6 Å². The molecule has 0 aliphatic carbocycles. The molecule has 4 aromatic rings. The van der Waals surface area contributed by atoms with E-state index in [4.69, 9.17) is 39.5 Å². The molecule has 0 atom stereocenters. The van der Waals surface area contributed by atoms with E-state index in [1.165, 1.54) is 24.5 Å². The molecular weight excluding hydrogens is 443 g/mol. The highest BCUT2D eigenvalue weighted by molar-refractivity contribution is 7.15. The van der Waals surface area contributed by atoms with Gasteiger partial charge in [-0.05, 0) is 36.4 Å². The van der Waals surface area contributed by atoms with Crippen molar-refractivity contribution in [3.8, 4) is 17.0 Å². The fourth-order valence-electron chi connectivity index (χ4n) is 2.64. The fourth-order valence-corrected chi connectivity index (χ4v) is 4.14. The number of rotatable bonds is 4. The van der Waals surface area contributed by atoms with Crippen molar-refractivity contribution >= 4 is 63.0 Å². The molecule has 0 saturated carbocycles. The number of anilines is 1. The van der Waals surface area contributed by atoms with Gasteiger partial charge in [0.15, 0.2) is 0 Å². The topological polar surface area (TPSA) is 68.5 Å². The number of ether oxygens (including phenoxy) is 1. The Balaban J connectivity index is 1.67. The largest absolute Gasteiger partial charge is 0.496 e. The molecule has 0 bridgehead atoms. The third-order valence-electron chi connectivity index (χ3n) is 3.92. The fraction of sp³-hybridized carbons (Fsp3) is 0.0556. The van der Waals surface area contributed by atoms with Crippen molar-refractivity contribution in [2.75, 3.05) is 12.4 Å². The molecule has 0 saturated heterocycles. The third-order valence-corrected chi connectivity index (χ3v) is 5.52. The molecule has 2 aromatic heterocycles. The Hall–Kier alpha value is -2.32. The van der Waals surface area contributed by atoms with Gasteiger partial charge in [-0.15, -0.1) is 16.4 Å². The van der Waals surface area contributed by atoms with Crippen molar-refractivity contribution < 1.29 is 9.53 Å². The van der Waals surface area contributed by atoms with E-state index < -0.39 is 5.91 Å². The molecule has 4 rings (SSSR count). The number of halogens is 3. The van der Waals surface area contributed by atoms with Gasteiger partial charge in [0.2, 0.25) is 4.96 Å². The minimum absolute atomic E-state index is 0.158. The van der Waals surface area contributed by atoms with Gasteiger partial charge >= 0.3 is 0 Å². The van der Waals surface area contributed by atoms with Gasteiger partial charge in [-0.1, -0.05) is 34.8 Å². The maximum absolute atomic E-state index is 12.6. The quantitative estimate of drug-likeness (QED) is 0.432. The van der Waals surface area contributed by atoms with E-state index in [0.717, 1.165) is 11.3 Å². The molecule has 1 N–H and O–H groups in total. The summed E-state index contributed by atoms with van der Waals surface area (Å²) in [6.45, 7) is 0. The van der Waals surface area contributed by atoms with Crippen LogP contribution in [0.15, 0.2) is 41.8 Å². The lowest BCUT2D eigenvalue weighted by atomic mass is 10.2. The first-order chi connectivity index (χ1) is 13.5. The van der Waals surface area contributed by atoms with E-state index in [2.05, 4.69) is 15.4 Å². The number of amides is 1. The number of hydrogen-bond acceptors (Lipinski definition) is 5. The molecule has 10 heteroatoms. The Morgan fingerprint density at radius 2 is 1.89 bits per heavy atom. The predicted molar refractivity (Wildman–Crippen MR) is 112 cm³/mol. The first-order valence-corrected chi connectivity index (χ1v) is 9.92. The van der Waals surface area contributed by atoms with E-state index in [-0.39, 0.29) is 11.5 Å². The van der Waals surface area contributed by atoms with Crippen molar-refractivity contribution in [3.63, 3.8) is 0 Å². The van der Waals surface area contributed by atoms with E-state index in [1.807, 2.05) is 11.4 Å². The number of benzene rings is 2. The van der Waals surface area contributed by atoms with Gasteiger partial charge in [0.05, 0.1) is 23.4 Å². The lowest BCUT2D eigenvalue weighted by Gasteiger charge is -2.07. The second kappa shape index (κ2) is 7.60. The average Bonchev–Trinajstić information content (AvgIpc) is 3.22. The Labute approximate surface area is 178 Å². The minimum Gasteiger partial charge on any atom is -0.496 e. The Kier molecular flexibility index (Phi) is 5.16. The normalized spacial score (nSPS) is 11.0. The maximum Gasteiger partial charge on any atom is 0.261 e. The lowest BCUT2D eigenvalue weighted by molar-refractivity contribution is 0.102. The standard InChI is InChI=1S/C18H11Cl3N4O2S/c1-27-15-5-3-9(19)6-12(15)16(26)22-17-23-18-25(24-17)14(8-28-18)11-4-2-10(20)7-13(11)21/h2-8H,1H3,(H,22,24,26). The Morgan fingerprint density at radius 3 is 2.64 bits per heavy atom. The summed E-state index contributed by atoms with van der Waals surface area (Å²) in [4.78, 5) is 17.6. The van der Waals surface area contributed by atoms with Crippen LogP contribution in [0.5, 0.6) is 5.75 Å². The van der Waals surface area contributed by atoms with Crippen LogP contribution in [0.3, 0.4) is 0 Å². The molecule has 0 aliphatic rings. The summed E-state index contributed by atoms with van der Waals surface area (Å²) in [7, 11) is 1.48. The first kappa shape index (κ1) is 19.0. The summed E-state index contributed by atoms with van der Waals surface area (Å²) in [6.07, 6.45) is 0. The van der Waals surface area contributed by atoms with Crippen molar-refractivity contribution in [1.29, 1.82) is 0 Å². The van der Waals surface area contributed by atoms with Gasteiger partial charge in [-0.3, -0.25) is 10.1 Å². The van der Waals surface area contributed by atoms with Gasteiger partial charge < -0.3 is 4.74 Å². The number of nitrogens with zero attached hydrogens (tertiary/aromatic N) is 3. The smallest absolute Gasteiger partial charge is 0.261 e. The zero-order valence-corrected chi connectivity index (χ0v) is 17.3. The molecule has 2 heterocycles. The highest BCUT2D eigenvalue weighted by Gasteiger charge is 2.18. The van der Waals surface area contributed by atoms with Crippen LogP contribution in [0.4, 0.5) is 5.95 Å². The number of carbonyl (C=O) groups excluding carboxylic acids is 1. The molecule has 28 heavy (non-hydrogen) atoms. The molecule has 6 nitrogen and oxygen atoms in total. The van der Waals surface area contributed by atoms with E-state index in [0.29, 0.717) is 25.8 Å². The number of methoxy groups -OCH3 is 1. The molecule has 0 spiro atoms. The number of fused-ring (bicyclic) bond motifs is 1. The molecule has 0 aliphatic heterocycles. The second-order valence-electron chi connectivity index (χ2n) is 5.67. The molecule has 0 unspecified atom stereocenters. The number of nitrogens with one attached hydrogen (secondary N) is 1. The first-order valence-electron chi connectivity index (χ1n) is 7.91. The summed E-state index contributed by atoms with van der Waals surface area (Å²) in [6, 6.07) is 10.0. The van der Waals surface area contributed by atoms with Gasteiger partial charge in [0, 0.05) is 21.0 Å². The highest BCUT2D eigenvalue weighted by atomic mass is 35.5. The molecule has 0 radical (unpaired) electrons. The van der Waals surface area contributed by atoms with E-state index in [1.54, 1.807) is 28.8 Å². The van der Waals surface area contributed by atoms with Crippen LogP contribution in [0.2, 0.25) is 15.1 Å². The molecule has 1 amide bonds. The number of hydrogen-bond donors (Lipinski definition) is 1. The van der Waals surface area contributed by atoms with Crippen LogP contribution in [-0.2, 0) is 0 Å². The molecule has 142 valence electrons. The predicted octanol–water partition coefficient (Wildman–Crippen LogP) is 5.68. The average molecular weight is 454 g/mol. The monoisotopic (exact) mass is 452 g/mol. The van der Waals surface area contributed by atoms with Gasteiger partial charge in [0.1, 0.15) is 5.75 Å². The second-order valence-corrected chi connectivity index (χ2v) is 7.79. The summed E-state index contributed by atoms with van der Waals surface area (Å²) < 4.78 is 6.83. The van der Waals surface area contributed by atoms with E-state index >= 15 is 0 Å². The molecule has 2 aromatic carbocycles. The van der Waals surface area contributed by atoms with Crippen molar-refractivity contribution in [1.82, 2.24) is 14.6 Å². The lowest BCUT2D eigenvalue weighted by Crippen LogP contribution is -2.14. The summed E-state index contributed by atoms with van der Waals surface area (Å²) >= 11 is 19.6. The maximum atomic E-state index is 12.6. The summed E-state index contributed by atoms with van der Waals surface area (Å²) in [5.74, 6) is 0.130. The summed E-state index contributed by atoms with van der Waals surface area (Å²) in [5.41, 5.74) is 1.79. The van der Waals surface area contributed by atoms with Crippen molar-refractivity contribution in [3.05, 3.63) is 62.4 Å². The molecule has 0 fully saturated rings. The Morgan fingerprint density at radius 1 is 1.14 bits per heavy atom. The van der Waals surface area contributed by atoms with Gasteiger partial charge in [0.25, 0.3) is 11.9 Å². The zero-order chi connectivity index (χ0) is 19.8. The van der Waals surface area contributed by atoms with Crippen LogP contribution >= 0.6 is 46.1 Å². The number of thiazole rings is 1. The van der Waals surface area contributed by atoms with Gasteiger partial charge in [-0.25, -0.2) is 4.52 Å². The van der Waals surface area contributed by atoms with Crippen LogP contribution < -0.4 is 10.1 Å². The highest BCUT2D eigenvalue weighted by Crippen LogP contribution is 2.33. The Bertz CT molecular complexity index is 1200. The zero-order valence-electron chi connectivity index (χ0n) is 14.2. The third kappa shape index (κ3) is 3.54. The number of aromatic nitrogens is 3. The van der Waals surface area contributed by atoms with E-state index in [9.17, 15) is 4.79 Å². The minimum atomic E-state index is -0.427. The number of carbonyl (C=O) groups is 1. The SMILES string of the molecule is COc1ccc(Cl)cc1C(=O)Nc1nc2scc(-c3ccc(Cl)cc3Cl)n2n1. The van der Waals surface area contributed by atoms with Crippen molar-refractivity contribution in [2.24, 2.45) is 0 Å². The van der Waals surface area contributed by atoms with Crippen molar-refractivity contribution in [2.45, 2.75) is 0 Å². The van der Waals surface area contributed by atoms with Crippen LogP contribution in [0.25, 0.3) is 16.2 Å². The summed E-state index contributed by atoms with van der Waals surface area (Å²) in [5, 5.41) is 10.4. The van der Waals surface area contributed by atoms with Crippen LogP contribution in [0, 0.1) is 0 Å². The molecular formula is C18H11Cl3N4O2S. The van der Waals surface area contributed by atoms with Crippen LogP contribution in [0.1, 0.15) is 10.4 Å².